The zero-order valence-electron chi connectivity index (χ0n) is 12.0. The highest BCUT2D eigenvalue weighted by Gasteiger charge is 2.20. The molecule has 0 fully saturated rings. The van der Waals surface area contributed by atoms with Gasteiger partial charge >= 0.3 is 0 Å². The van der Waals surface area contributed by atoms with Crippen LogP contribution < -0.4 is 10.5 Å². The molecule has 0 aliphatic rings. The van der Waals surface area contributed by atoms with Crippen LogP contribution >= 0.6 is 0 Å². The second kappa shape index (κ2) is 5.13. The summed E-state index contributed by atoms with van der Waals surface area (Å²) in [4.78, 5) is 8.74. The average molecular weight is 259 g/mol. The summed E-state index contributed by atoms with van der Waals surface area (Å²) in [7, 11) is 0. The Hall–Kier alpha value is -1.68. The van der Waals surface area contributed by atoms with Gasteiger partial charge < -0.3 is 10.5 Å². The van der Waals surface area contributed by atoms with Gasteiger partial charge in [0.05, 0.1) is 12.0 Å². The number of pyridine rings is 2. The van der Waals surface area contributed by atoms with Crippen molar-refractivity contribution >= 4 is 10.8 Å². The molecule has 0 aromatic carbocycles. The normalized spacial score (nSPS) is 11.8. The highest BCUT2D eigenvalue weighted by Crippen LogP contribution is 2.31. The molecule has 0 amide bonds. The van der Waals surface area contributed by atoms with E-state index in [9.17, 15) is 0 Å². The molecule has 4 nitrogen and oxygen atoms in total. The van der Waals surface area contributed by atoms with Crippen molar-refractivity contribution in [2.75, 3.05) is 6.61 Å². The van der Waals surface area contributed by atoms with E-state index in [1.807, 2.05) is 39.2 Å². The second-order valence-electron chi connectivity index (χ2n) is 5.42. The molecule has 2 heterocycles. The van der Waals surface area contributed by atoms with Crippen LogP contribution in [0, 0.1) is 6.92 Å². The lowest BCUT2D eigenvalue weighted by atomic mass is 9.93. The summed E-state index contributed by atoms with van der Waals surface area (Å²) >= 11 is 0. The molecular weight excluding hydrogens is 238 g/mol. The number of nitrogens with zero attached hydrogens (tertiary/aromatic N) is 2. The fourth-order valence-corrected chi connectivity index (χ4v) is 2.04. The van der Waals surface area contributed by atoms with Crippen molar-refractivity contribution in [1.82, 2.24) is 9.97 Å². The van der Waals surface area contributed by atoms with Crippen LogP contribution in [0.15, 0.2) is 18.5 Å². The van der Waals surface area contributed by atoms with Crippen molar-refractivity contribution in [1.29, 1.82) is 0 Å². The molecule has 0 saturated heterocycles. The lowest BCUT2D eigenvalue weighted by Gasteiger charge is -2.22. The maximum absolute atomic E-state index is 6.22. The van der Waals surface area contributed by atoms with Crippen LogP contribution in [0.3, 0.4) is 0 Å². The molecule has 19 heavy (non-hydrogen) atoms. The van der Waals surface area contributed by atoms with Gasteiger partial charge in [-0.1, -0.05) is 6.92 Å². The predicted octanol–water partition coefficient (Wildman–Crippen LogP) is 2.92. The van der Waals surface area contributed by atoms with Crippen LogP contribution in [0.4, 0.5) is 0 Å². The van der Waals surface area contributed by atoms with E-state index in [2.05, 4.69) is 16.9 Å². The average Bonchev–Trinajstić information content (AvgIpc) is 2.34. The van der Waals surface area contributed by atoms with Crippen molar-refractivity contribution in [2.24, 2.45) is 5.73 Å². The van der Waals surface area contributed by atoms with Crippen LogP contribution in [-0.4, -0.2) is 16.6 Å². The maximum atomic E-state index is 6.22. The van der Waals surface area contributed by atoms with Crippen molar-refractivity contribution in [3.05, 3.63) is 29.7 Å². The largest absolute Gasteiger partial charge is 0.477 e. The SMILES string of the molecule is CCCOc1ncc(C(C)(C)N)c2cc(C)ncc12. The fourth-order valence-electron chi connectivity index (χ4n) is 2.04. The van der Waals surface area contributed by atoms with Crippen LogP contribution in [0.2, 0.25) is 0 Å². The van der Waals surface area contributed by atoms with Gasteiger partial charge in [-0.2, -0.15) is 0 Å². The predicted molar refractivity (Wildman–Crippen MR) is 77.3 cm³/mol. The summed E-state index contributed by atoms with van der Waals surface area (Å²) in [5, 5.41) is 2.00. The Balaban J connectivity index is 2.65. The maximum Gasteiger partial charge on any atom is 0.222 e. The summed E-state index contributed by atoms with van der Waals surface area (Å²) in [6.45, 7) is 8.65. The molecule has 0 bridgehead atoms. The van der Waals surface area contributed by atoms with Gasteiger partial charge in [0.15, 0.2) is 0 Å². The van der Waals surface area contributed by atoms with E-state index in [1.165, 1.54) is 0 Å². The Kier molecular flexibility index (Phi) is 3.71. The lowest BCUT2D eigenvalue weighted by molar-refractivity contribution is 0.309. The standard InChI is InChI=1S/C15H21N3O/c1-5-6-19-14-12-8-17-10(2)7-11(12)13(9-18-14)15(3,4)16/h7-9H,5-6,16H2,1-4H3. The van der Waals surface area contributed by atoms with Crippen molar-refractivity contribution in [3.63, 3.8) is 0 Å². The molecule has 2 aromatic heterocycles. The third-order valence-corrected chi connectivity index (χ3v) is 3.01. The van der Waals surface area contributed by atoms with E-state index < -0.39 is 5.54 Å². The molecule has 0 spiro atoms. The molecule has 0 radical (unpaired) electrons. The van der Waals surface area contributed by atoms with Crippen LogP contribution in [0.1, 0.15) is 38.4 Å². The Labute approximate surface area is 114 Å². The third-order valence-electron chi connectivity index (χ3n) is 3.01. The van der Waals surface area contributed by atoms with Crippen molar-refractivity contribution < 1.29 is 4.74 Å². The van der Waals surface area contributed by atoms with Gasteiger partial charge in [0.2, 0.25) is 5.88 Å². The van der Waals surface area contributed by atoms with E-state index in [-0.39, 0.29) is 0 Å². The first kappa shape index (κ1) is 13.7. The van der Waals surface area contributed by atoms with Crippen LogP contribution in [-0.2, 0) is 5.54 Å². The molecule has 0 aliphatic carbocycles. The zero-order valence-corrected chi connectivity index (χ0v) is 12.0. The third kappa shape index (κ3) is 2.84. The summed E-state index contributed by atoms with van der Waals surface area (Å²) in [6.07, 6.45) is 4.58. The molecule has 102 valence electrons. The number of hydrogen-bond acceptors (Lipinski definition) is 4. The number of rotatable bonds is 4. The first-order chi connectivity index (χ1) is 8.93. The number of nitrogens with two attached hydrogens (primary N) is 1. The van der Waals surface area contributed by atoms with Gasteiger partial charge in [-0.05, 0) is 44.2 Å². The van der Waals surface area contributed by atoms with Crippen LogP contribution in [0.25, 0.3) is 10.8 Å². The van der Waals surface area contributed by atoms with E-state index in [0.717, 1.165) is 28.5 Å². The van der Waals surface area contributed by atoms with Gasteiger partial charge in [-0.25, -0.2) is 4.98 Å². The Bertz CT molecular complexity index is 588. The second-order valence-corrected chi connectivity index (χ2v) is 5.42. The molecule has 0 saturated carbocycles. The van der Waals surface area contributed by atoms with E-state index in [1.54, 1.807) is 0 Å². The molecule has 0 atom stereocenters. The Morgan fingerprint density at radius 1 is 1.21 bits per heavy atom. The van der Waals surface area contributed by atoms with Crippen molar-refractivity contribution in [2.45, 2.75) is 39.7 Å². The number of fused-ring (bicyclic) bond motifs is 1. The smallest absolute Gasteiger partial charge is 0.222 e. The minimum absolute atomic E-state index is 0.442. The van der Waals surface area contributed by atoms with Crippen LogP contribution in [0.5, 0.6) is 5.88 Å². The van der Waals surface area contributed by atoms with Gasteiger partial charge in [-0.15, -0.1) is 0 Å². The lowest BCUT2D eigenvalue weighted by Crippen LogP contribution is -2.29. The van der Waals surface area contributed by atoms with Gasteiger partial charge in [-0.3, -0.25) is 4.98 Å². The first-order valence-corrected chi connectivity index (χ1v) is 6.61. The number of ether oxygens (including phenoxy) is 1. The van der Waals surface area contributed by atoms with E-state index in [4.69, 9.17) is 10.5 Å². The minimum atomic E-state index is -0.442. The Morgan fingerprint density at radius 3 is 2.58 bits per heavy atom. The highest BCUT2D eigenvalue weighted by molar-refractivity contribution is 5.89. The molecule has 2 aromatic rings. The molecular formula is C15H21N3O. The quantitative estimate of drug-likeness (QED) is 0.917. The summed E-state index contributed by atoms with van der Waals surface area (Å²) in [6, 6.07) is 2.04. The molecule has 2 rings (SSSR count). The summed E-state index contributed by atoms with van der Waals surface area (Å²) < 4.78 is 5.68. The molecule has 0 aliphatic heterocycles. The molecule has 2 N–H and O–H groups in total. The van der Waals surface area contributed by atoms with Gasteiger partial charge in [0.1, 0.15) is 0 Å². The van der Waals surface area contributed by atoms with Gasteiger partial charge in [0.25, 0.3) is 0 Å². The minimum Gasteiger partial charge on any atom is -0.477 e. The topological polar surface area (TPSA) is 61.0 Å². The summed E-state index contributed by atoms with van der Waals surface area (Å²) in [5.74, 6) is 0.636. The molecule has 0 unspecified atom stereocenters. The number of aromatic nitrogens is 2. The fraction of sp³-hybridized carbons (Fsp3) is 0.467. The first-order valence-electron chi connectivity index (χ1n) is 6.61. The summed E-state index contributed by atoms with van der Waals surface area (Å²) in [5.41, 5.74) is 7.75. The van der Waals surface area contributed by atoms with Crippen molar-refractivity contribution in [3.8, 4) is 5.88 Å². The van der Waals surface area contributed by atoms with Gasteiger partial charge in [0, 0.05) is 23.6 Å². The number of aryl methyl sites for hydroxylation is 1. The van der Waals surface area contributed by atoms with E-state index >= 15 is 0 Å². The Morgan fingerprint density at radius 2 is 1.95 bits per heavy atom. The highest BCUT2D eigenvalue weighted by atomic mass is 16.5. The zero-order chi connectivity index (χ0) is 14.0. The molecule has 4 heteroatoms. The van der Waals surface area contributed by atoms with E-state index in [0.29, 0.717) is 12.5 Å². The monoisotopic (exact) mass is 259 g/mol. The number of hydrogen-bond donors (Lipinski definition) is 1.